The molecule has 0 unspecified atom stereocenters. The van der Waals surface area contributed by atoms with Crippen molar-refractivity contribution in [1.29, 1.82) is 5.26 Å². The zero-order valence-electron chi connectivity index (χ0n) is 16.9. The van der Waals surface area contributed by atoms with Crippen molar-refractivity contribution in [3.63, 3.8) is 0 Å². The van der Waals surface area contributed by atoms with Crippen LogP contribution in [-0.2, 0) is 9.53 Å². The van der Waals surface area contributed by atoms with Crippen molar-refractivity contribution in [3.8, 4) is 29.1 Å². The van der Waals surface area contributed by atoms with E-state index >= 15 is 0 Å². The van der Waals surface area contributed by atoms with Crippen LogP contribution in [0, 0.1) is 11.3 Å². The van der Waals surface area contributed by atoms with E-state index in [0.717, 1.165) is 0 Å². The number of nitrogens with zero attached hydrogens (tertiary/aromatic N) is 1. The predicted octanol–water partition coefficient (Wildman–Crippen LogP) is 4.29. The summed E-state index contributed by atoms with van der Waals surface area (Å²) in [4.78, 5) is 11.8. The number of hydrogen-bond donors (Lipinski definition) is 0. The molecule has 30 heavy (non-hydrogen) atoms. The van der Waals surface area contributed by atoms with Gasteiger partial charge in [0.15, 0.2) is 11.5 Å². The third-order valence-corrected chi connectivity index (χ3v) is 4.10. The minimum absolute atomic E-state index is 0.143. The monoisotopic (exact) mass is 431 g/mol. The molecule has 0 aliphatic heterocycles. The Morgan fingerprint density at radius 3 is 2.50 bits per heavy atom. The standard InChI is InChI=1S/C22H22ClNO6/c1-4-28-22(25)16(14-24)10-15-11-19(23)21(20(12-15)27-3)30-9-8-29-18-7-5-6-17(13-18)26-2/h5-7,10-13H,4,8-9H2,1-3H3/b16-10-. The van der Waals surface area contributed by atoms with Gasteiger partial charge in [-0.1, -0.05) is 17.7 Å². The molecule has 0 amide bonds. The van der Waals surface area contributed by atoms with Crippen LogP contribution in [0.1, 0.15) is 12.5 Å². The summed E-state index contributed by atoms with van der Waals surface area (Å²) in [6.07, 6.45) is 1.38. The van der Waals surface area contributed by atoms with Gasteiger partial charge in [-0.05, 0) is 42.8 Å². The smallest absolute Gasteiger partial charge is 0.348 e. The van der Waals surface area contributed by atoms with Crippen molar-refractivity contribution in [2.24, 2.45) is 0 Å². The molecule has 0 N–H and O–H groups in total. The number of carbonyl (C=O) groups excluding carboxylic acids is 1. The number of rotatable bonds is 10. The Kier molecular flexibility index (Phi) is 8.85. The summed E-state index contributed by atoms with van der Waals surface area (Å²) < 4.78 is 26.7. The summed E-state index contributed by atoms with van der Waals surface area (Å²) in [6.45, 7) is 2.33. The first kappa shape index (κ1) is 22.9. The Labute approximate surface area is 180 Å². The van der Waals surface area contributed by atoms with Crippen LogP contribution in [0.4, 0.5) is 0 Å². The maximum atomic E-state index is 11.8. The summed E-state index contributed by atoms with van der Waals surface area (Å²) in [5.74, 6) is 1.34. The molecule has 0 spiro atoms. The highest BCUT2D eigenvalue weighted by Crippen LogP contribution is 2.37. The van der Waals surface area contributed by atoms with E-state index in [4.69, 9.17) is 35.3 Å². The number of halogens is 1. The molecule has 0 heterocycles. The lowest BCUT2D eigenvalue weighted by Crippen LogP contribution is -2.10. The molecule has 0 saturated heterocycles. The fraction of sp³-hybridized carbons (Fsp3) is 0.273. The zero-order chi connectivity index (χ0) is 21.9. The van der Waals surface area contributed by atoms with E-state index in [1.54, 1.807) is 32.2 Å². The quantitative estimate of drug-likeness (QED) is 0.240. The third-order valence-electron chi connectivity index (χ3n) is 3.82. The van der Waals surface area contributed by atoms with Gasteiger partial charge in [-0.25, -0.2) is 4.79 Å². The fourth-order valence-corrected chi connectivity index (χ4v) is 2.74. The second-order valence-electron chi connectivity index (χ2n) is 5.80. The number of carbonyl (C=O) groups is 1. The molecular weight excluding hydrogens is 410 g/mol. The first-order valence-corrected chi connectivity index (χ1v) is 9.46. The molecule has 0 fully saturated rings. The topological polar surface area (TPSA) is 87.0 Å². The number of ether oxygens (including phenoxy) is 5. The Bertz CT molecular complexity index is 951. The average molecular weight is 432 g/mol. The molecule has 0 aromatic heterocycles. The van der Waals surface area contributed by atoms with Gasteiger partial charge in [0.25, 0.3) is 0 Å². The lowest BCUT2D eigenvalue weighted by molar-refractivity contribution is -0.137. The van der Waals surface area contributed by atoms with Crippen LogP contribution in [0.15, 0.2) is 42.0 Å². The first-order valence-electron chi connectivity index (χ1n) is 9.08. The molecule has 2 aromatic carbocycles. The summed E-state index contributed by atoms with van der Waals surface area (Å²) in [6, 6.07) is 12.2. The Morgan fingerprint density at radius 1 is 1.10 bits per heavy atom. The van der Waals surface area contributed by atoms with E-state index in [-0.39, 0.29) is 30.4 Å². The van der Waals surface area contributed by atoms with E-state index < -0.39 is 5.97 Å². The highest BCUT2D eigenvalue weighted by atomic mass is 35.5. The third kappa shape index (κ3) is 6.33. The van der Waals surface area contributed by atoms with Gasteiger partial charge in [-0.3, -0.25) is 0 Å². The van der Waals surface area contributed by atoms with Gasteiger partial charge in [-0.2, -0.15) is 5.26 Å². The zero-order valence-corrected chi connectivity index (χ0v) is 17.7. The van der Waals surface area contributed by atoms with E-state index in [9.17, 15) is 10.1 Å². The Hall–Kier alpha value is -3.37. The molecule has 8 heteroatoms. The maximum absolute atomic E-state index is 11.8. The number of benzene rings is 2. The summed E-state index contributed by atoms with van der Waals surface area (Å²) in [5, 5.41) is 9.44. The first-order chi connectivity index (χ1) is 14.5. The minimum Gasteiger partial charge on any atom is -0.497 e. The summed E-state index contributed by atoms with van der Waals surface area (Å²) in [7, 11) is 3.05. The van der Waals surface area contributed by atoms with Crippen LogP contribution in [-0.4, -0.2) is 40.0 Å². The van der Waals surface area contributed by atoms with Crippen LogP contribution >= 0.6 is 11.6 Å². The lowest BCUT2D eigenvalue weighted by Gasteiger charge is -2.14. The average Bonchev–Trinajstić information content (AvgIpc) is 2.75. The van der Waals surface area contributed by atoms with Crippen LogP contribution in [0.2, 0.25) is 5.02 Å². The molecule has 0 radical (unpaired) electrons. The van der Waals surface area contributed by atoms with Crippen LogP contribution in [0.25, 0.3) is 6.08 Å². The van der Waals surface area contributed by atoms with Crippen molar-refractivity contribution >= 4 is 23.6 Å². The van der Waals surface area contributed by atoms with Crippen molar-refractivity contribution in [3.05, 3.63) is 52.6 Å². The van der Waals surface area contributed by atoms with Gasteiger partial charge >= 0.3 is 5.97 Å². The highest BCUT2D eigenvalue weighted by molar-refractivity contribution is 6.32. The fourth-order valence-electron chi connectivity index (χ4n) is 2.47. The van der Waals surface area contributed by atoms with Gasteiger partial charge < -0.3 is 23.7 Å². The van der Waals surface area contributed by atoms with Gasteiger partial charge in [0.2, 0.25) is 0 Å². The van der Waals surface area contributed by atoms with Gasteiger partial charge in [0, 0.05) is 6.07 Å². The molecule has 2 aromatic rings. The Balaban J connectivity index is 2.08. The van der Waals surface area contributed by atoms with E-state index in [2.05, 4.69) is 0 Å². The van der Waals surface area contributed by atoms with Crippen LogP contribution in [0.3, 0.4) is 0 Å². The second kappa shape index (κ2) is 11.6. The van der Waals surface area contributed by atoms with Crippen LogP contribution < -0.4 is 18.9 Å². The van der Waals surface area contributed by atoms with E-state index in [1.807, 2.05) is 24.3 Å². The number of esters is 1. The second-order valence-corrected chi connectivity index (χ2v) is 6.21. The normalized spacial score (nSPS) is 10.7. The number of hydrogen-bond acceptors (Lipinski definition) is 7. The molecule has 158 valence electrons. The molecule has 2 rings (SSSR count). The van der Waals surface area contributed by atoms with Crippen molar-refractivity contribution in [2.75, 3.05) is 34.0 Å². The van der Waals surface area contributed by atoms with Crippen molar-refractivity contribution in [1.82, 2.24) is 0 Å². The molecule has 7 nitrogen and oxygen atoms in total. The lowest BCUT2D eigenvalue weighted by atomic mass is 10.1. The molecular formula is C22H22ClNO6. The number of nitriles is 1. The minimum atomic E-state index is -0.704. The molecule has 0 saturated carbocycles. The molecule has 0 atom stereocenters. The molecule has 0 aliphatic rings. The highest BCUT2D eigenvalue weighted by Gasteiger charge is 2.14. The number of methoxy groups -OCH3 is 2. The van der Waals surface area contributed by atoms with Gasteiger partial charge in [0.05, 0.1) is 25.8 Å². The SMILES string of the molecule is CCOC(=O)/C(C#N)=C\c1cc(Cl)c(OCCOc2cccc(OC)c2)c(OC)c1. The predicted molar refractivity (Wildman–Crippen MR) is 112 cm³/mol. The summed E-state index contributed by atoms with van der Waals surface area (Å²) in [5.41, 5.74) is 0.358. The van der Waals surface area contributed by atoms with E-state index in [1.165, 1.54) is 13.2 Å². The summed E-state index contributed by atoms with van der Waals surface area (Å²) >= 11 is 6.33. The van der Waals surface area contributed by atoms with Gasteiger partial charge in [-0.15, -0.1) is 0 Å². The maximum Gasteiger partial charge on any atom is 0.348 e. The molecule has 0 bridgehead atoms. The van der Waals surface area contributed by atoms with Crippen LogP contribution in [0.5, 0.6) is 23.0 Å². The van der Waals surface area contributed by atoms with Gasteiger partial charge in [0.1, 0.15) is 36.4 Å². The Morgan fingerprint density at radius 2 is 1.83 bits per heavy atom. The molecule has 0 aliphatic carbocycles. The van der Waals surface area contributed by atoms with Crippen molar-refractivity contribution in [2.45, 2.75) is 6.92 Å². The van der Waals surface area contributed by atoms with E-state index in [0.29, 0.717) is 28.6 Å². The largest absolute Gasteiger partial charge is 0.497 e. The van der Waals surface area contributed by atoms with Crippen molar-refractivity contribution < 1.29 is 28.5 Å².